The van der Waals surface area contributed by atoms with E-state index < -0.39 is 0 Å². The second-order valence-corrected chi connectivity index (χ2v) is 7.06. The Morgan fingerprint density at radius 3 is 2.83 bits per heavy atom. The summed E-state index contributed by atoms with van der Waals surface area (Å²) in [5.74, 6) is 1.04. The molecule has 2 rings (SSSR count). The third kappa shape index (κ3) is 7.83. The highest BCUT2D eigenvalue weighted by atomic mass is 32.2. The van der Waals surface area contributed by atoms with Crippen LogP contribution in [-0.4, -0.2) is 68.8 Å². The van der Waals surface area contributed by atoms with Gasteiger partial charge in [-0.3, -0.25) is 0 Å². The molecule has 0 spiro atoms. The zero-order valence-corrected chi connectivity index (χ0v) is 15.4. The molecule has 3 unspecified atom stereocenters. The quantitative estimate of drug-likeness (QED) is 0.229. The van der Waals surface area contributed by atoms with Crippen LogP contribution in [0.5, 0.6) is 0 Å². The molecule has 3 atom stereocenters. The van der Waals surface area contributed by atoms with E-state index in [1.807, 2.05) is 11.8 Å². The van der Waals surface area contributed by atoms with Crippen molar-refractivity contribution in [1.29, 1.82) is 0 Å². The summed E-state index contributed by atoms with van der Waals surface area (Å²) in [7, 11) is 1.50. The lowest BCUT2D eigenvalue weighted by Crippen LogP contribution is -2.36. The second-order valence-electron chi connectivity index (χ2n) is 5.79. The predicted molar refractivity (Wildman–Crippen MR) is 98.4 cm³/mol. The number of hydrogen-bond acceptors (Lipinski definition) is 6. The molecule has 0 bridgehead atoms. The van der Waals surface area contributed by atoms with Crippen molar-refractivity contribution < 1.29 is 14.3 Å². The molecule has 2 amide bonds. The molecule has 24 heavy (non-hydrogen) atoms. The van der Waals surface area contributed by atoms with Crippen molar-refractivity contribution in [3.05, 3.63) is 0 Å². The van der Waals surface area contributed by atoms with E-state index in [2.05, 4.69) is 21.7 Å². The van der Waals surface area contributed by atoms with Crippen LogP contribution >= 0.6 is 11.8 Å². The fraction of sp³-hybridized carbons (Fsp3) is 0.875. The third-order valence-electron chi connectivity index (χ3n) is 4.05. The van der Waals surface area contributed by atoms with Gasteiger partial charge in [0.15, 0.2) is 0 Å². The molecule has 7 nitrogen and oxygen atoms in total. The van der Waals surface area contributed by atoms with Crippen LogP contribution in [-0.2, 0) is 9.53 Å². The molecule has 140 valence electrons. The summed E-state index contributed by atoms with van der Waals surface area (Å²) in [5.41, 5.74) is 4.50. The molecule has 8 heteroatoms. The summed E-state index contributed by atoms with van der Waals surface area (Å²) in [5, 5.41) is 9.99. The maximum absolute atomic E-state index is 11.3. The molecule has 2 fully saturated rings. The number of carbonyl (C=O) groups excluding carboxylic acids is 2. The number of thioether (sulfide) groups is 1. The third-order valence-corrected chi connectivity index (χ3v) is 5.56. The zero-order valence-electron chi connectivity index (χ0n) is 14.6. The van der Waals surface area contributed by atoms with Crippen molar-refractivity contribution in [3.8, 4) is 0 Å². The Hall–Kier alpha value is -0.830. The number of urea groups is 1. The number of amides is 2. The number of unbranched alkanes of at least 4 members (excludes halogenated alkanes) is 1. The lowest BCUT2D eigenvalue weighted by Gasteiger charge is -2.16. The largest absolute Gasteiger partial charge is 0.381 e. The van der Waals surface area contributed by atoms with Crippen LogP contribution in [0.4, 0.5) is 4.79 Å². The molecule has 2 saturated heterocycles. The first-order chi connectivity index (χ1) is 11.8. The van der Waals surface area contributed by atoms with Crippen molar-refractivity contribution in [2.45, 2.75) is 49.4 Å². The first kappa shape index (κ1) is 21.2. The Kier molecular flexibility index (Phi) is 11.9. The van der Waals surface area contributed by atoms with Gasteiger partial charge in [-0.25, -0.2) is 4.79 Å². The van der Waals surface area contributed by atoms with Gasteiger partial charge in [0.2, 0.25) is 0 Å². The van der Waals surface area contributed by atoms with Gasteiger partial charge in [0.1, 0.15) is 6.29 Å². The molecule has 5 N–H and O–H groups in total. The highest BCUT2D eigenvalue weighted by Crippen LogP contribution is 2.32. The van der Waals surface area contributed by atoms with Gasteiger partial charge in [-0.15, -0.1) is 0 Å². The van der Waals surface area contributed by atoms with E-state index in [9.17, 15) is 9.59 Å². The van der Waals surface area contributed by atoms with Gasteiger partial charge in [-0.05, 0) is 39.4 Å². The van der Waals surface area contributed by atoms with Gasteiger partial charge >= 0.3 is 6.03 Å². The normalized spacial score (nSPS) is 24.6. The average Bonchev–Trinajstić information content (AvgIpc) is 3.14. The van der Waals surface area contributed by atoms with Gasteiger partial charge < -0.3 is 31.2 Å². The molecular formula is C16H32N4O3S. The lowest BCUT2D eigenvalue weighted by atomic mass is 10.0. The number of nitrogens with two attached hydrogens (primary N) is 1. The first-order valence-electron chi connectivity index (χ1n) is 8.79. The Balaban J connectivity index is 0.00000139. The van der Waals surface area contributed by atoms with Crippen LogP contribution in [0.15, 0.2) is 0 Å². The predicted octanol–water partition coefficient (Wildman–Crippen LogP) is 0.482. The number of hydrogen-bond donors (Lipinski definition) is 4. The van der Waals surface area contributed by atoms with Crippen molar-refractivity contribution in [1.82, 2.24) is 16.0 Å². The fourth-order valence-corrected chi connectivity index (χ4v) is 4.44. The van der Waals surface area contributed by atoms with Gasteiger partial charge in [-0.1, -0.05) is 6.42 Å². The van der Waals surface area contributed by atoms with Crippen molar-refractivity contribution in [2.24, 2.45) is 5.73 Å². The van der Waals surface area contributed by atoms with E-state index in [0.717, 1.165) is 38.2 Å². The minimum absolute atomic E-state index is 0.00247. The highest BCUT2D eigenvalue weighted by molar-refractivity contribution is 8.00. The molecule has 0 aromatic rings. The van der Waals surface area contributed by atoms with Gasteiger partial charge in [-0.2, -0.15) is 11.8 Å². The van der Waals surface area contributed by atoms with E-state index in [4.69, 9.17) is 4.74 Å². The number of fused-ring (bicyclic) bond motifs is 1. The molecule has 2 heterocycles. The molecule has 2 aliphatic heterocycles. The van der Waals surface area contributed by atoms with Crippen molar-refractivity contribution in [3.63, 3.8) is 0 Å². The summed E-state index contributed by atoms with van der Waals surface area (Å²) >= 11 is 1.98. The lowest BCUT2D eigenvalue weighted by molar-refractivity contribution is -0.108. The van der Waals surface area contributed by atoms with Crippen LogP contribution in [0.3, 0.4) is 0 Å². The molecule has 0 radical (unpaired) electrons. The summed E-state index contributed by atoms with van der Waals surface area (Å²) in [6, 6.07) is 0.658. The standard InChI is InChI=1S/C15H27N3O3S.CH5N/c19-8-4-10-21-9-3-7-16-6-2-1-5-13-14-12(11-22-13)17-15(20)18-14;1-2/h8,12-14,16H,1-7,9-11H2,(H2,17,18,20);2H2,1H3. The minimum Gasteiger partial charge on any atom is -0.381 e. The van der Waals surface area contributed by atoms with Crippen molar-refractivity contribution >= 4 is 24.1 Å². The van der Waals surface area contributed by atoms with E-state index in [1.165, 1.54) is 26.3 Å². The Morgan fingerprint density at radius 1 is 1.25 bits per heavy atom. The topological polar surface area (TPSA) is 105 Å². The summed E-state index contributed by atoms with van der Waals surface area (Å²) in [4.78, 5) is 21.4. The van der Waals surface area contributed by atoms with Gasteiger partial charge in [0, 0.05) is 24.0 Å². The SMILES string of the molecule is CN.O=CCCOCCCNCCCCC1SCC2NC(=O)NC21. The van der Waals surface area contributed by atoms with Crippen LogP contribution in [0.25, 0.3) is 0 Å². The first-order valence-corrected chi connectivity index (χ1v) is 9.84. The van der Waals surface area contributed by atoms with Gasteiger partial charge in [0.25, 0.3) is 0 Å². The number of carbonyl (C=O) groups is 2. The number of rotatable bonds is 12. The molecular weight excluding hydrogens is 328 g/mol. The molecule has 0 aliphatic carbocycles. The summed E-state index contributed by atoms with van der Waals surface area (Å²) in [6.07, 6.45) is 5.89. The fourth-order valence-electron chi connectivity index (χ4n) is 2.90. The maximum Gasteiger partial charge on any atom is 0.315 e. The molecule has 2 aliphatic rings. The van der Waals surface area contributed by atoms with E-state index in [1.54, 1.807) is 0 Å². The number of ether oxygens (including phenoxy) is 1. The van der Waals surface area contributed by atoms with Crippen LogP contribution in [0, 0.1) is 0 Å². The smallest absolute Gasteiger partial charge is 0.315 e. The monoisotopic (exact) mass is 360 g/mol. The second kappa shape index (κ2) is 13.5. The molecule has 0 saturated carbocycles. The highest BCUT2D eigenvalue weighted by Gasteiger charge is 2.42. The van der Waals surface area contributed by atoms with Gasteiger partial charge in [0.05, 0.1) is 18.7 Å². The molecule has 0 aromatic heterocycles. The summed E-state index contributed by atoms with van der Waals surface area (Å²) < 4.78 is 5.30. The van der Waals surface area contributed by atoms with Crippen LogP contribution in [0.1, 0.15) is 32.1 Å². The average molecular weight is 361 g/mol. The Labute approximate surface area is 149 Å². The zero-order chi connectivity index (χ0) is 17.6. The van der Waals surface area contributed by atoms with E-state index in [0.29, 0.717) is 30.4 Å². The summed E-state index contributed by atoms with van der Waals surface area (Å²) in [6.45, 7) is 3.25. The van der Waals surface area contributed by atoms with Crippen molar-refractivity contribution in [2.75, 3.05) is 39.1 Å². The molecule has 0 aromatic carbocycles. The number of nitrogens with one attached hydrogen (secondary N) is 3. The van der Waals surface area contributed by atoms with E-state index in [-0.39, 0.29) is 6.03 Å². The van der Waals surface area contributed by atoms with Crippen LogP contribution in [0.2, 0.25) is 0 Å². The Bertz CT molecular complexity index is 360. The van der Waals surface area contributed by atoms with E-state index >= 15 is 0 Å². The maximum atomic E-state index is 11.3. The minimum atomic E-state index is -0.00247. The van der Waals surface area contributed by atoms with Crippen LogP contribution < -0.4 is 21.7 Å². The number of aldehydes is 1. The Morgan fingerprint density at radius 2 is 2.04 bits per heavy atom.